The Morgan fingerprint density at radius 3 is 1.33 bits per heavy atom. The Balaban J connectivity index is 1.49. The van der Waals surface area contributed by atoms with Gasteiger partial charge < -0.3 is 0 Å². The molecule has 7 rings (SSSR count). The van der Waals surface area contributed by atoms with Crippen LogP contribution in [0.5, 0.6) is 0 Å². The zero-order valence-electron chi connectivity index (χ0n) is 27.8. The van der Waals surface area contributed by atoms with Gasteiger partial charge in [0.25, 0.3) is 0 Å². The Labute approximate surface area is 306 Å². The SMILES string of the molecule is Cc1cc(-c2ccc3c(c2)C(=C(C#N)C#N)c2ccc4c(c2-3)C(=C(C#N)C#N)c2cc(-c3cc(C(F)(F)F)cc(C(F)(F)F)c3)ccc2-4)cc(C(F)(F)F)c1. The molecule has 5 aromatic rings. The van der Waals surface area contributed by atoms with E-state index in [2.05, 4.69) is 0 Å². The summed E-state index contributed by atoms with van der Waals surface area (Å²) in [5.41, 5.74) is -1.65. The number of hydrogen-bond acceptors (Lipinski definition) is 4. The minimum atomic E-state index is -5.12. The maximum absolute atomic E-state index is 13.8. The van der Waals surface area contributed by atoms with Crippen molar-refractivity contribution in [2.24, 2.45) is 0 Å². The molecule has 4 nitrogen and oxygen atoms in total. The summed E-state index contributed by atoms with van der Waals surface area (Å²) in [4.78, 5) is 0. The molecule has 13 heteroatoms. The van der Waals surface area contributed by atoms with Gasteiger partial charge in [-0.2, -0.15) is 60.6 Å². The molecule has 0 radical (unpaired) electrons. The number of aryl methyl sites for hydroxylation is 1. The number of fused-ring (bicyclic) bond motifs is 7. The van der Waals surface area contributed by atoms with Gasteiger partial charge in [0, 0.05) is 16.7 Å². The number of nitriles is 4. The summed E-state index contributed by atoms with van der Waals surface area (Å²) < 4.78 is 124. The number of rotatable bonds is 2. The van der Waals surface area contributed by atoms with E-state index in [1.54, 1.807) is 30.3 Å². The Morgan fingerprint density at radius 2 is 0.818 bits per heavy atom. The van der Waals surface area contributed by atoms with Crippen LogP contribution in [0.1, 0.15) is 44.5 Å². The van der Waals surface area contributed by atoms with Crippen LogP contribution in [0.2, 0.25) is 0 Å². The first kappa shape index (κ1) is 36.3. The predicted molar refractivity (Wildman–Crippen MR) is 182 cm³/mol. The number of benzene rings is 5. The standard InChI is InChI=1S/C42H17F9N4/c1-20-8-23(10-27(9-20)40(43,44)45)21-3-5-32-35(14-21)36(25(16-52)17-53)33-7-6-31-30-4-2-22(13-34(30)37(26(18-54)19-55)39(31)38(32)33)24-11-28(41(46,47)48)15-29(12-24)42(49,50)51/h2-15H,1H3. The average molecular weight is 749 g/mol. The van der Waals surface area contributed by atoms with Gasteiger partial charge in [-0.1, -0.05) is 42.5 Å². The van der Waals surface area contributed by atoms with Crippen molar-refractivity contribution in [3.63, 3.8) is 0 Å². The first-order chi connectivity index (χ1) is 25.9. The van der Waals surface area contributed by atoms with Crippen molar-refractivity contribution in [3.05, 3.63) is 141 Å². The van der Waals surface area contributed by atoms with Crippen LogP contribution in [-0.4, -0.2) is 0 Å². The first-order valence-corrected chi connectivity index (χ1v) is 15.9. The van der Waals surface area contributed by atoms with Gasteiger partial charge in [-0.05, 0) is 116 Å². The second-order valence-corrected chi connectivity index (χ2v) is 12.8. The van der Waals surface area contributed by atoms with Gasteiger partial charge in [0.1, 0.15) is 35.4 Å². The van der Waals surface area contributed by atoms with E-state index in [0.717, 1.165) is 12.1 Å². The van der Waals surface area contributed by atoms with E-state index in [1.807, 2.05) is 24.3 Å². The van der Waals surface area contributed by atoms with Gasteiger partial charge in [-0.3, -0.25) is 0 Å². The number of hydrogen-bond donors (Lipinski definition) is 0. The third-order valence-corrected chi connectivity index (χ3v) is 9.47. The van der Waals surface area contributed by atoms with Crippen LogP contribution in [0.15, 0.2) is 96.1 Å². The lowest BCUT2D eigenvalue weighted by molar-refractivity contribution is -0.143. The second-order valence-electron chi connectivity index (χ2n) is 12.8. The zero-order valence-corrected chi connectivity index (χ0v) is 27.8. The number of nitrogens with zero attached hydrogens (tertiary/aromatic N) is 4. The summed E-state index contributed by atoms with van der Waals surface area (Å²) in [6, 6.07) is 23.9. The molecule has 0 atom stereocenters. The van der Waals surface area contributed by atoms with Crippen LogP contribution < -0.4 is 0 Å². The Hall–Kier alpha value is -7.09. The molecule has 55 heavy (non-hydrogen) atoms. The van der Waals surface area contributed by atoms with Crippen molar-refractivity contribution in [1.82, 2.24) is 0 Å². The molecule has 268 valence electrons. The van der Waals surface area contributed by atoms with Gasteiger partial charge >= 0.3 is 18.5 Å². The molecule has 2 aliphatic rings. The molecule has 5 aromatic carbocycles. The molecule has 0 bridgehead atoms. The molecular weight excluding hydrogens is 731 g/mol. The van der Waals surface area contributed by atoms with Gasteiger partial charge in [0.15, 0.2) is 0 Å². The summed E-state index contributed by atoms with van der Waals surface area (Å²) in [6.45, 7) is 1.50. The Kier molecular flexibility index (Phi) is 8.25. The van der Waals surface area contributed by atoms with Gasteiger partial charge in [-0.25, -0.2) is 0 Å². The van der Waals surface area contributed by atoms with Crippen LogP contribution in [-0.2, 0) is 18.5 Å². The van der Waals surface area contributed by atoms with Crippen molar-refractivity contribution in [3.8, 4) is 68.8 Å². The fourth-order valence-electron chi connectivity index (χ4n) is 7.21. The maximum atomic E-state index is 13.8. The fraction of sp³-hybridized carbons (Fsp3) is 0.0952. The number of allylic oxidation sites excluding steroid dienone is 2. The first-order valence-electron chi connectivity index (χ1n) is 15.9. The molecule has 0 spiro atoms. The molecule has 0 saturated heterocycles. The van der Waals surface area contributed by atoms with E-state index in [-0.39, 0.29) is 45.0 Å². The number of alkyl halides is 9. The normalized spacial score (nSPS) is 12.8. The predicted octanol–water partition coefficient (Wildman–Crippen LogP) is 12.0. The van der Waals surface area contributed by atoms with Gasteiger partial charge in [0.2, 0.25) is 0 Å². The highest BCUT2D eigenvalue weighted by molar-refractivity contribution is 6.15. The maximum Gasteiger partial charge on any atom is 0.416 e. The highest BCUT2D eigenvalue weighted by Gasteiger charge is 2.39. The smallest absolute Gasteiger partial charge is 0.192 e. The van der Waals surface area contributed by atoms with E-state index >= 15 is 0 Å². The van der Waals surface area contributed by atoms with E-state index in [9.17, 15) is 60.6 Å². The molecule has 2 aliphatic carbocycles. The van der Waals surface area contributed by atoms with Crippen molar-refractivity contribution < 1.29 is 39.5 Å². The molecule has 0 amide bonds. The summed E-state index contributed by atoms with van der Waals surface area (Å²) in [6.07, 6.45) is -14.9. The van der Waals surface area contributed by atoms with Crippen LogP contribution in [0.25, 0.3) is 55.7 Å². The molecule has 0 heterocycles. The summed E-state index contributed by atoms with van der Waals surface area (Å²) in [7, 11) is 0. The van der Waals surface area contributed by atoms with E-state index in [1.165, 1.54) is 31.2 Å². The van der Waals surface area contributed by atoms with Crippen LogP contribution >= 0.6 is 0 Å². The van der Waals surface area contributed by atoms with E-state index in [0.29, 0.717) is 56.6 Å². The Bertz CT molecular complexity index is 2710. The molecule has 0 aliphatic heterocycles. The lowest BCUT2D eigenvalue weighted by atomic mass is 9.89. The summed E-state index contributed by atoms with van der Waals surface area (Å²) in [5, 5.41) is 40.3. The number of halogens is 9. The molecule has 0 unspecified atom stereocenters. The van der Waals surface area contributed by atoms with Crippen molar-refractivity contribution in [2.45, 2.75) is 25.5 Å². The zero-order chi connectivity index (χ0) is 39.8. The van der Waals surface area contributed by atoms with Gasteiger partial charge in [0.05, 0.1) is 16.7 Å². The molecule has 0 N–H and O–H groups in total. The van der Waals surface area contributed by atoms with Crippen LogP contribution in [0, 0.1) is 52.2 Å². The monoisotopic (exact) mass is 748 g/mol. The lowest BCUT2D eigenvalue weighted by Gasteiger charge is -2.15. The van der Waals surface area contributed by atoms with Crippen molar-refractivity contribution in [2.75, 3.05) is 0 Å². The topological polar surface area (TPSA) is 95.2 Å². The third-order valence-electron chi connectivity index (χ3n) is 9.47. The second kappa shape index (κ2) is 12.5. The van der Waals surface area contributed by atoms with Crippen molar-refractivity contribution in [1.29, 1.82) is 21.0 Å². The molecule has 0 aromatic heterocycles. The lowest BCUT2D eigenvalue weighted by Crippen LogP contribution is -2.11. The minimum absolute atomic E-state index is 0.00368. The largest absolute Gasteiger partial charge is 0.416 e. The van der Waals surface area contributed by atoms with Gasteiger partial charge in [-0.15, -0.1) is 0 Å². The van der Waals surface area contributed by atoms with Crippen LogP contribution in [0.3, 0.4) is 0 Å². The summed E-state index contributed by atoms with van der Waals surface area (Å²) >= 11 is 0. The minimum Gasteiger partial charge on any atom is -0.192 e. The third kappa shape index (κ3) is 5.97. The highest BCUT2D eigenvalue weighted by atomic mass is 19.4. The Morgan fingerprint density at radius 1 is 0.400 bits per heavy atom. The average Bonchev–Trinajstić information content (AvgIpc) is 3.63. The van der Waals surface area contributed by atoms with Crippen LogP contribution in [0.4, 0.5) is 39.5 Å². The van der Waals surface area contributed by atoms with E-state index in [4.69, 9.17) is 0 Å². The highest BCUT2D eigenvalue weighted by Crippen LogP contribution is 2.57. The quantitative estimate of drug-likeness (QED) is 0.130. The van der Waals surface area contributed by atoms with E-state index < -0.39 is 46.4 Å². The molecular formula is C42H17F9N4. The van der Waals surface area contributed by atoms with Crippen molar-refractivity contribution >= 4 is 11.1 Å². The fourth-order valence-corrected chi connectivity index (χ4v) is 7.21. The molecule has 0 fully saturated rings. The molecule has 0 saturated carbocycles. The summed E-state index contributed by atoms with van der Waals surface area (Å²) in [5.74, 6) is 0.